The number of nitrogens with zero attached hydrogens (tertiary/aromatic N) is 1. The van der Waals surface area contributed by atoms with E-state index < -0.39 is 0 Å². The van der Waals surface area contributed by atoms with Crippen molar-refractivity contribution in [1.29, 1.82) is 0 Å². The number of aryl methyl sites for hydroxylation is 1. The molecule has 0 saturated carbocycles. The van der Waals surface area contributed by atoms with Crippen LogP contribution in [0.5, 0.6) is 0 Å². The van der Waals surface area contributed by atoms with Crippen molar-refractivity contribution in [1.82, 2.24) is 10.2 Å². The highest BCUT2D eigenvalue weighted by atomic mass is 15.1. The van der Waals surface area contributed by atoms with Gasteiger partial charge in [0.25, 0.3) is 0 Å². The van der Waals surface area contributed by atoms with Crippen LogP contribution in [0.25, 0.3) is 0 Å². The summed E-state index contributed by atoms with van der Waals surface area (Å²) in [5.74, 6) is 0.760. The molecule has 0 aliphatic heterocycles. The second-order valence-electron chi connectivity index (χ2n) is 6.78. The molecule has 2 atom stereocenters. The second-order valence-corrected chi connectivity index (χ2v) is 6.78. The summed E-state index contributed by atoms with van der Waals surface area (Å²) in [6.45, 7) is 8.12. The molecule has 2 unspecified atom stereocenters. The van der Waals surface area contributed by atoms with Gasteiger partial charge < -0.3 is 10.2 Å². The maximum absolute atomic E-state index is 3.38. The van der Waals surface area contributed by atoms with E-state index in [1.165, 1.54) is 37.8 Å². The summed E-state index contributed by atoms with van der Waals surface area (Å²) < 4.78 is 0. The van der Waals surface area contributed by atoms with E-state index in [-0.39, 0.29) is 0 Å². The van der Waals surface area contributed by atoms with Crippen LogP contribution in [-0.4, -0.2) is 37.6 Å². The fourth-order valence-electron chi connectivity index (χ4n) is 2.89. The van der Waals surface area contributed by atoms with Gasteiger partial charge in [-0.15, -0.1) is 0 Å². The summed E-state index contributed by atoms with van der Waals surface area (Å²) in [4.78, 5) is 2.57. The van der Waals surface area contributed by atoms with Crippen molar-refractivity contribution < 1.29 is 0 Å². The quantitative estimate of drug-likeness (QED) is 0.701. The van der Waals surface area contributed by atoms with Gasteiger partial charge in [-0.25, -0.2) is 0 Å². The van der Waals surface area contributed by atoms with Crippen molar-refractivity contribution in [3.8, 4) is 0 Å². The molecule has 1 rings (SSSR count). The van der Waals surface area contributed by atoms with Crippen LogP contribution in [-0.2, 0) is 6.42 Å². The molecular weight excluding hydrogens is 256 g/mol. The van der Waals surface area contributed by atoms with Gasteiger partial charge >= 0.3 is 0 Å². The second kappa shape index (κ2) is 9.97. The predicted molar refractivity (Wildman–Crippen MR) is 93.8 cm³/mol. The first kappa shape index (κ1) is 18.2. The number of hydrogen-bond donors (Lipinski definition) is 1. The molecule has 2 heteroatoms. The fraction of sp³-hybridized carbons (Fsp3) is 0.684. The SMILES string of the molecule is CNC(C)CC(CC(C)C)N(C)CCCc1ccccc1. The molecule has 21 heavy (non-hydrogen) atoms. The highest BCUT2D eigenvalue weighted by Crippen LogP contribution is 2.16. The standard InChI is InChI=1S/C19H34N2/c1-16(2)14-19(15-17(3)20-4)21(5)13-9-12-18-10-7-6-8-11-18/h6-8,10-11,16-17,19-20H,9,12-15H2,1-5H3. The molecule has 0 fully saturated rings. The number of nitrogens with one attached hydrogen (secondary N) is 1. The van der Waals surface area contributed by atoms with Gasteiger partial charge in [0.05, 0.1) is 0 Å². The predicted octanol–water partition coefficient (Wildman–Crippen LogP) is 3.96. The number of benzene rings is 1. The molecular formula is C19H34N2. The first-order chi connectivity index (χ1) is 10.0. The summed E-state index contributed by atoms with van der Waals surface area (Å²) in [6.07, 6.45) is 4.94. The maximum Gasteiger partial charge on any atom is 0.0109 e. The van der Waals surface area contributed by atoms with Gasteiger partial charge in [0.15, 0.2) is 0 Å². The van der Waals surface area contributed by atoms with Crippen molar-refractivity contribution in [2.24, 2.45) is 5.92 Å². The Kier molecular flexibility index (Phi) is 8.63. The molecule has 0 saturated heterocycles. The summed E-state index contributed by atoms with van der Waals surface area (Å²) in [5.41, 5.74) is 1.45. The minimum Gasteiger partial charge on any atom is -0.317 e. The van der Waals surface area contributed by atoms with Crippen LogP contribution in [0.3, 0.4) is 0 Å². The lowest BCUT2D eigenvalue weighted by Crippen LogP contribution is -2.39. The lowest BCUT2D eigenvalue weighted by atomic mass is 9.96. The van der Waals surface area contributed by atoms with Crippen molar-refractivity contribution in [2.45, 2.75) is 58.5 Å². The van der Waals surface area contributed by atoms with Gasteiger partial charge in [0.1, 0.15) is 0 Å². The van der Waals surface area contributed by atoms with Crippen molar-refractivity contribution >= 4 is 0 Å². The summed E-state index contributed by atoms with van der Waals surface area (Å²) >= 11 is 0. The van der Waals surface area contributed by atoms with E-state index in [1.807, 2.05) is 0 Å². The first-order valence-electron chi connectivity index (χ1n) is 8.44. The Morgan fingerprint density at radius 3 is 2.29 bits per heavy atom. The number of rotatable bonds is 10. The van der Waals surface area contributed by atoms with E-state index in [9.17, 15) is 0 Å². The third-order valence-corrected chi connectivity index (χ3v) is 4.30. The average Bonchev–Trinajstić information content (AvgIpc) is 2.47. The number of hydrogen-bond acceptors (Lipinski definition) is 2. The summed E-state index contributed by atoms with van der Waals surface area (Å²) in [7, 11) is 4.35. The van der Waals surface area contributed by atoms with Crippen LogP contribution in [0.15, 0.2) is 30.3 Å². The van der Waals surface area contributed by atoms with Crippen molar-refractivity contribution in [2.75, 3.05) is 20.6 Å². The van der Waals surface area contributed by atoms with Crippen LogP contribution in [0.1, 0.15) is 45.6 Å². The van der Waals surface area contributed by atoms with Gasteiger partial charge in [-0.3, -0.25) is 0 Å². The lowest BCUT2D eigenvalue weighted by Gasteiger charge is -2.31. The van der Waals surface area contributed by atoms with Gasteiger partial charge in [-0.1, -0.05) is 44.2 Å². The highest BCUT2D eigenvalue weighted by Gasteiger charge is 2.18. The maximum atomic E-state index is 3.38. The Hall–Kier alpha value is -0.860. The molecule has 0 aliphatic rings. The summed E-state index contributed by atoms with van der Waals surface area (Å²) in [5, 5.41) is 3.38. The van der Waals surface area contributed by atoms with Crippen LogP contribution in [0, 0.1) is 5.92 Å². The Labute approximate surface area is 131 Å². The van der Waals surface area contributed by atoms with Crippen LogP contribution in [0.2, 0.25) is 0 Å². The van der Waals surface area contributed by atoms with E-state index in [0.29, 0.717) is 12.1 Å². The van der Waals surface area contributed by atoms with E-state index in [2.05, 4.69) is 75.4 Å². The van der Waals surface area contributed by atoms with Crippen LogP contribution < -0.4 is 5.32 Å². The Bertz CT molecular complexity index is 361. The molecule has 1 aromatic carbocycles. The molecule has 0 spiro atoms. The molecule has 0 heterocycles. The largest absolute Gasteiger partial charge is 0.317 e. The lowest BCUT2D eigenvalue weighted by molar-refractivity contribution is 0.188. The normalized spacial score (nSPS) is 14.6. The van der Waals surface area contributed by atoms with E-state index in [0.717, 1.165) is 5.92 Å². The zero-order valence-electron chi connectivity index (χ0n) is 14.6. The summed E-state index contributed by atoms with van der Waals surface area (Å²) in [6, 6.07) is 12.1. The fourth-order valence-corrected chi connectivity index (χ4v) is 2.89. The smallest absolute Gasteiger partial charge is 0.0109 e. The third-order valence-electron chi connectivity index (χ3n) is 4.30. The Balaban J connectivity index is 2.41. The molecule has 0 bridgehead atoms. The molecule has 1 aromatic rings. The van der Waals surface area contributed by atoms with E-state index >= 15 is 0 Å². The minimum absolute atomic E-state index is 0.588. The Morgan fingerprint density at radius 1 is 1.05 bits per heavy atom. The van der Waals surface area contributed by atoms with E-state index in [1.54, 1.807) is 0 Å². The minimum atomic E-state index is 0.588. The van der Waals surface area contributed by atoms with Gasteiger partial charge in [-0.2, -0.15) is 0 Å². The van der Waals surface area contributed by atoms with Crippen LogP contribution in [0.4, 0.5) is 0 Å². The average molecular weight is 290 g/mol. The van der Waals surface area contributed by atoms with Crippen molar-refractivity contribution in [3.63, 3.8) is 0 Å². The zero-order valence-corrected chi connectivity index (χ0v) is 14.6. The molecule has 0 radical (unpaired) electrons. The van der Waals surface area contributed by atoms with Gasteiger partial charge in [-0.05, 0) is 64.7 Å². The van der Waals surface area contributed by atoms with Gasteiger partial charge in [0.2, 0.25) is 0 Å². The third kappa shape index (κ3) is 7.63. The molecule has 0 aromatic heterocycles. The first-order valence-corrected chi connectivity index (χ1v) is 8.44. The Morgan fingerprint density at radius 2 is 1.71 bits per heavy atom. The molecule has 0 amide bonds. The van der Waals surface area contributed by atoms with Gasteiger partial charge in [0, 0.05) is 12.1 Å². The van der Waals surface area contributed by atoms with E-state index in [4.69, 9.17) is 0 Å². The molecule has 1 N–H and O–H groups in total. The highest BCUT2D eigenvalue weighted by molar-refractivity contribution is 5.14. The molecule has 120 valence electrons. The monoisotopic (exact) mass is 290 g/mol. The van der Waals surface area contributed by atoms with Crippen molar-refractivity contribution in [3.05, 3.63) is 35.9 Å². The zero-order chi connectivity index (χ0) is 15.7. The van der Waals surface area contributed by atoms with Crippen LogP contribution >= 0.6 is 0 Å². The molecule has 0 aliphatic carbocycles. The molecule has 2 nitrogen and oxygen atoms in total. The topological polar surface area (TPSA) is 15.3 Å².